The number of nitrogens with zero attached hydrogens (tertiary/aromatic N) is 2. The molecule has 0 spiro atoms. The van der Waals surface area contributed by atoms with Gasteiger partial charge < -0.3 is 10.0 Å². The van der Waals surface area contributed by atoms with Gasteiger partial charge in [0.15, 0.2) is 0 Å². The Labute approximate surface area is 121 Å². The summed E-state index contributed by atoms with van der Waals surface area (Å²) in [5.41, 5.74) is 0.207. The van der Waals surface area contributed by atoms with Gasteiger partial charge in [0.2, 0.25) is 0 Å². The van der Waals surface area contributed by atoms with Gasteiger partial charge in [0.25, 0.3) is 11.6 Å². The number of likely N-dealkylation sites (tertiary alicyclic amines) is 1. The van der Waals surface area contributed by atoms with Crippen LogP contribution >= 0.6 is 0 Å². The van der Waals surface area contributed by atoms with Gasteiger partial charge in [-0.1, -0.05) is 12.1 Å². The van der Waals surface area contributed by atoms with Gasteiger partial charge in [-0.15, -0.1) is 0 Å². The van der Waals surface area contributed by atoms with Crippen molar-refractivity contribution in [1.82, 2.24) is 4.90 Å². The molecule has 21 heavy (non-hydrogen) atoms. The van der Waals surface area contributed by atoms with Crippen LogP contribution in [0.2, 0.25) is 0 Å². The van der Waals surface area contributed by atoms with Crippen LogP contribution in [0.5, 0.6) is 0 Å². The van der Waals surface area contributed by atoms with Crippen LogP contribution in [-0.2, 0) is 4.79 Å². The second-order valence-corrected chi connectivity index (χ2v) is 5.20. The van der Waals surface area contributed by atoms with Crippen LogP contribution in [-0.4, -0.2) is 39.4 Å². The van der Waals surface area contributed by atoms with Crippen molar-refractivity contribution in [3.8, 4) is 0 Å². The molecule has 1 amide bonds. The lowest BCUT2D eigenvalue weighted by Crippen LogP contribution is -2.38. The van der Waals surface area contributed by atoms with E-state index in [1.165, 1.54) is 11.0 Å². The molecule has 1 aromatic carbocycles. The summed E-state index contributed by atoms with van der Waals surface area (Å²) >= 11 is 0. The van der Waals surface area contributed by atoms with Crippen molar-refractivity contribution < 1.29 is 19.6 Å². The van der Waals surface area contributed by atoms with Crippen molar-refractivity contribution in [2.75, 3.05) is 6.54 Å². The number of nitro benzene ring substituents is 1. The summed E-state index contributed by atoms with van der Waals surface area (Å²) in [6, 6.07) is 4.09. The number of carbonyl (C=O) groups excluding carboxylic acids is 1. The molecule has 1 N–H and O–H groups in total. The van der Waals surface area contributed by atoms with Crippen molar-refractivity contribution in [3.63, 3.8) is 0 Å². The molecule has 0 aromatic heterocycles. The number of carbonyl (C=O) groups is 2. The highest BCUT2D eigenvalue weighted by atomic mass is 16.6. The second-order valence-electron chi connectivity index (χ2n) is 5.20. The molecule has 2 atom stereocenters. The third-order valence-corrected chi connectivity index (χ3v) is 3.98. The lowest BCUT2D eigenvalue weighted by atomic mass is 10.0. The molecule has 7 nitrogen and oxygen atoms in total. The van der Waals surface area contributed by atoms with E-state index in [-0.39, 0.29) is 11.3 Å². The molecule has 1 fully saturated rings. The first-order valence-electron chi connectivity index (χ1n) is 6.62. The van der Waals surface area contributed by atoms with Gasteiger partial charge in [-0.3, -0.25) is 19.7 Å². The van der Waals surface area contributed by atoms with Gasteiger partial charge in [0.1, 0.15) is 5.56 Å². The Hall–Kier alpha value is -2.44. The third kappa shape index (κ3) is 2.58. The molecular formula is C14H16N2O5. The Morgan fingerprint density at radius 1 is 1.43 bits per heavy atom. The SMILES string of the molecule is Cc1cccc(C(=O)N2CCC(C(=O)O)C2C)c1[N+](=O)[O-]. The lowest BCUT2D eigenvalue weighted by Gasteiger charge is -2.23. The first-order chi connectivity index (χ1) is 9.84. The number of para-hydroxylation sites is 1. The predicted molar refractivity (Wildman–Crippen MR) is 74.1 cm³/mol. The van der Waals surface area contributed by atoms with Crippen LogP contribution in [0.15, 0.2) is 18.2 Å². The van der Waals surface area contributed by atoms with Gasteiger partial charge >= 0.3 is 5.97 Å². The molecule has 1 heterocycles. The number of rotatable bonds is 3. The third-order valence-electron chi connectivity index (χ3n) is 3.98. The Balaban J connectivity index is 2.36. The Morgan fingerprint density at radius 3 is 2.62 bits per heavy atom. The van der Waals surface area contributed by atoms with E-state index < -0.39 is 28.8 Å². The summed E-state index contributed by atoms with van der Waals surface area (Å²) in [5.74, 6) is -2.06. The maximum absolute atomic E-state index is 12.5. The van der Waals surface area contributed by atoms with Crippen LogP contribution in [0.25, 0.3) is 0 Å². The average molecular weight is 292 g/mol. The number of hydrogen-bond donors (Lipinski definition) is 1. The summed E-state index contributed by atoms with van der Waals surface area (Å²) in [6.07, 6.45) is 0.363. The fourth-order valence-corrected chi connectivity index (χ4v) is 2.79. The summed E-state index contributed by atoms with van der Waals surface area (Å²) in [7, 11) is 0. The zero-order valence-electron chi connectivity index (χ0n) is 11.8. The minimum atomic E-state index is -0.948. The highest BCUT2D eigenvalue weighted by Gasteiger charge is 2.40. The van der Waals surface area contributed by atoms with Crippen molar-refractivity contribution in [2.24, 2.45) is 5.92 Å². The van der Waals surface area contributed by atoms with E-state index in [0.29, 0.717) is 18.5 Å². The van der Waals surface area contributed by atoms with Gasteiger partial charge in [-0.05, 0) is 26.3 Å². The first kappa shape index (κ1) is 15.0. The fraction of sp³-hybridized carbons (Fsp3) is 0.429. The van der Waals surface area contributed by atoms with Gasteiger partial charge in [0, 0.05) is 18.2 Å². The van der Waals surface area contributed by atoms with E-state index in [1.54, 1.807) is 26.0 Å². The Morgan fingerprint density at radius 2 is 2.10 bits per heavy atom. The highest BCUT2D eigenvalue weighted by Crippen LogP contribution is 2.30. The van der Waals surface area contributed by atoms with Gasteiger partial charge in [0.05, 0.1) is 10.8 Å². The van der Waals surface area contributed by atoms with E-state index in [0.717, 1.165) is 0 Å². The Kier molecular flexibility index (Phi) is 3.93. The van der Waals surface area contributed by atoms with Crippen LogP contribution in [0.4, 0.5) is 5.69 Å². The summed E-state index contributed by atoms with van der Waals surface area (Å²) in [5, 5.41) is 20.3. The zero-order chi connectivity index (χ0) is 15.7. The van der Waals surface area contributed by atoms with Gasteiger partial charge in [-0.25, -0.2) is 0 Å². The second kappa shape index (κ2) is 5.51. The van der Waals surface area contributed by atoms with Crippen molar-refractivity contribution in [1.29, 1.82) is 0 Å². The van der Waals surface area contributed by atoms with Crippen molar-refractivity contribution >= 4 is 17.6 Å². The summed E-state index contributed by atoms with van der Waals surface area (Å²) < 4.78 is 0. The maximum Gasteiger partial charge on any atom is 0.308 e. The lowest BCUT2D eigenvalue weighted by molar-refractivity contribution is -0.385. The molecule has 112 valence electrons. The normalized spacial score (nSPS) is 21.3. The molecule has 0 bridgehead atoms. The standard InChI is InChI=1S/C14H16N2O5/c1-8-4-3-5-11(12(8)16(20)21)13(17)15-7-6-10(9(15)2)14(18)19/h3-5,9-10H,6-7H2,1-2H3,(H,18,19). The minimum Gasteiger partial charge on any atom is -0.481 e. The van der Waals surface area contributed by atoms with E-state index in [4.69, 9.17) is 5.11 Å². The topological polar surface area (TPSA) is 101 Å². The largest absolute Gasteiger partial charge is 0.481 e. The van der Waals surface area contributed by atoms with Crippen LogP contribution in [0.1, 0.15) is 29.3 Å². The van der Waals surface area contributed by atoms with E-state index >= 15 is 0 Å². The molecule has 1 aliphatic rings. The molecule has 0 radical (unpaired) electrons. The van der Waals surface area contributed by atoms with Gasteiger partial charge in [-0.2, -0.15) is 0 Å². The fourth-order valence-electron chi connectivity index (χ4n) is 2.79. The van der Waals surface area contributed by atoms with Crippen LogP contribution in [0.3, 0.4) is 0 Å². The number of aliphatic carboxylic acids is 1. The van der Waals surface area contributed by atoms with E-state index in [9.17, 15) is 19.7 Å². The number of carboxylic acids is 1. The molecule has 1 aromatic rings. The number of carboxylic acid groups (broad SMARTS) is 1. The van der Waals surface area contributed by atoms with Crippen molar-refractivity contribution in [2.45, 2.75) is 26.3 Å². The summed E-state index contributed by atoms with van der Waals surface area (Å²) in [4.78, 5) is 35.6. The highest BCUT2D eigenvalue weighted by molar-refractivity contribution is 5.99. The van der Waals surface area contributed by atoms with Crippen LogP contribution in [0, 0.1) is 23.0 Å². The number of hydrogen-bond acceptors (Lipinski definition) is 4. The molecule has 2 unspecified atom stereocenters. The number of benzene rings is 1. The smallest absolute Gasteiger partial charge is 0.308 e. The monoisotopic (exact) mass is 292 g/mol. The minimum absolute atomic E-state index is 0.0119. The molecule has 2 rings (SSSR count). The predicted octanol–water partition coefficient (Wildman–Crippen LogP) is 1.84. The van der Waals surface area contributed by atoms with Crippen LogP contribution < -0.4 is 0 Å². The quantitative estimate of drug-likeness (QED) is 0.676. The molecule has 0 saturated carbocycles. The number of amides is 1. The molecule has 0 aliphatic carbocycles. The Bertz CT molecular complexity index is 613. The first-order valence-corrected chi connectivity index (χ1v) is 6.62. The zero-order valence-corrected chi connectivity index (χ0v) is 11.8. The summed E-state index contributed by atoms with van der Waals surface area (Å²) in [6.45, 7) is 3.52. The number of aryl methyl sites for hydroxylation is 1. The van der Waals surface area contributed by atoms with E-state index in [2.05, 4.69) is 0 Å². The molecule has 1 aliphatic heterocycles. The maximum atomic E-state index is 12.5. The molecule has 1 saturated heterocycles. The average Bonchev–Trinajstić information content (AvgIpc) is 2.79. The van der Waals surface area contributed by atoms with Crippen molar-refractivity contribution in [3.05, 3.63) is 39.4 Å². The van der Waals surface area contributed by atoms with E-state index in [1.807, 2.05) is 0 Å². The number of nitro groups is 1. The molecular weight excluding hydrogens is 276 g/mol. The molecule has 7 heteroatoms.